The van der Waals surface area contributed by atoms with Crippen molar-refractivity contribution < 1.29 is 9.47 Å². The molecule has 0 aliphatic carbocycles. The van der Waals surface area contributed by atoms with Crippen molar-refractivity contribution >= 4 is 10.9 Å². The van der Waals surface area contributed by atoms with Crippen molar-refractivity contribution in [2.45, 2.75) is 13.0 Å². The number of ether oxygens (including phenoxy) is 2. The molecule has 5 heteroatoms. The molecule has 130 valence electrons. The molecular formula is C20H22N2O3. The summed E-state index contributed by atoms with van der Waals surface area (Å²) in [5.41, 5.74) is 2.71. The van der Waals surface area contributed by atoms with Crippen molar-refractivity contribution in [2.75, 3.05) is 20.8 Å². The largest absolute Gasteiger partial charge is 0.493 e. The summed E-state index contributed by atoms with van der Waals surface area (Å²) in [5.74, 6) is 1.45. The van der Waals surface area contributed by atoms with Crippen molar-refractivity contribution in [2.24, 2.45) is 0 Å². The Balaban J connectivity index is 1.60. The molecule has 0 aliphatic heterocycles. The maximum atomic E-state index is 12.1. The number of aromatic nitrogens is 1. The Labute approximate surface area is 146 Å². The number of methoxy groups -OCH3 is 2. The van der Waals surface area contributed by atoms with Crippen LogP contribution in [0, 0.1) is 0 Å². The van der Waals surface area contributed by atoms with Crippen molar-refractivity contribution in [3.8, 4) is 11.5 Å². The van der Waals surface area contributed by atoms with Crippen LogP contribution in [-0.4, -0.2) is 25.7 Å². The first kappa shape index (κ1) is 17.0. The molecule has 5 nitrogen and oxygen atoms in total. The molecule has 0 amide bonds. The maximum absolute atomic E-state index is 12.1. The van der Waals surface area contributed by atoms with Crippen molar-refractivity contribution in [1.82, 2.24) is 10.3 Å². The molecule has 0 unspecified atom stereocenters. The number of H-pyrrole nitrogens is 1. The minimum Gasteiger partial charge on any atom is -0.493 e. The highest BCUT2D eigenvalue weighted by atomic mass is 16.5. The third-order valence-electron chi connectivity index (χ3n) is 4.18. The van der Waals surface area contributed by atoms with Gasteiger partial charge in [-0.15, -0.1) is 0 Å². The van der Waals surface area contributed by atoms with Gasteiger partial charge in [0.2, 0.25) is 0 Å². The van der Waals surface area contributed by atoms with Crippen molar-refractivity contribution in [1.29, 1.82) is 0 Å². The van der Waals surface area contributed by atoms with E-state index in [0.717, 1.165) is 46.5 Å². The topological polar surface area (TPSA) is 63.3 Å². The lowest BCUT2D eigenvalue weighted by atomic mass is 10.1. The minimum absolute atomic E-state index is 0.0442. The molecule has 2 aromatic carbocycles. The Kier molecular flexibility index (Phi) is 5.36. The van der Waals surface area contributed by atoms with E-state index in [-0.39, 0.29) is 5.56 Å². The molecule has 25 heavy (non-hydrogen) atoms. The van der Waals surface area contributed by atoms with Crippen LogP contribution in [-0.2, 0) is 13.0 Å². The molecular weight excluding hydrogens is 316 g/mol. The van der Waals surface area contributed by atoms with Gasteiger partial charge in [-0.3, -0.25) is 4.79 Å². The summed E-state index contributed by atoms with van der Waals surface area (Å²) >= 11 is 0. The second kappa shape index (κ2) is 7.85. The van der Waals surface area contributed by atoms with E-state index in [1.54, 1.807) is 14.2 Å². The van der Waals surface area contributed by atoms with Gasteiger partial charge in [-0.1, -0.05) is 24.3 Å². The number of hydrogen-bond acceptors (Lipinski definition) is 4. The quantitative estimate of drug-likeness (QED) is 0.650. The molecule has 1 aromatic heterocycles. The lowest BCUT2D eigenvalue weighted by Crippen LogP contribution is -2.22. The van der Waals surface area contributed by atoms with Gasteiger partial charge in [0.05, 0.1) is 14.2 Å². The van der Waals surface area contributed by atoms with Gasteiger partial charge in [-0.25, -0.2) is 0 Å². The Bertz CT molecular complexity index is 918. The average molecular weight is 338 g/mol. The van der Waals surface area contributed by atoms with Gasteiger partial charge in [-0.05, 0) is 48.2 Å². The van der Waals surface area contributed by atoms with Crippen LogP contribution in [0.4, 0.5) is 0 Å². The first-order valence-electron chi connectivity index (χ1n) is 8.24. The summed E-state index contributed by atoms with van der Waals surface area (Å²) in [4.78, 5) is 15.0. The first-order chi connectivity index (χ1) is 12.2. The van der Waals surface area contributed by atoms with E-state index in [9.17, 15) is 4.79 Å². The zero-order valence-electron chi connectivity index (χ0n) is 14.5. The average Bonchev–Trinajstić information content (AvgIpc) is 2.65. The van der Waals surface area contributed by atoms with Crippen LogP contribution in [0.2, 0.25) is 0 Å². The number of para-hydroxylation sites is 1. The molecule has 0 radical (unpaired) electrons. The van der Waals surface area contributed by atoms with E-state index < -0.39 is 0 Å². The fraction of sp³-hybridized carbons (Fsp3) is 0.250. The summed E-state index contributed by atoms with van der Waals surface area (Å²) in [5, 5.41) is 4.37. The molecule has 2 N–H and O–H groups in total. The monoisotopic (exact) mass is 338 g/mol. The fourth-order valence-electron chi connectivity index (χ4n) is 2.82. The molecule has 3 rings (SSSR count). The molecule has 0 fully saturated rings. The SMILES string of the molecule is COc1ccc(CCNCc2cc3ccccc3[nH]c2=O)cc1OC. The van der Waals surface area contributed by atoms with E-state index in [1.165, 1.54) is 0 Å². The molecule has 0 spiro atoms. The smallest absolute Gasteiger partial charge is 0.252 e. The van der Waals surface area contributed by atoms with Crippen molar-refractivity contribution in [3.63, 3.8) is 0 Å². The minimum atomic E-state index is -0.0442. The third-order valence-corrected chi connectivity index (χ3v) is 4.18. The molecule has 0 saturated heterocycles. The van der Waals surface area contributed by atoms with Gasteiger partial charge >= 0.3 is 0 Å². The Hall–Kier alpha value is -2.79. The number of nitrogens with one attached hydrogen (secondary N) is 2. The second-order valence-corrected chi connectivity index (χ2v) is 5.83. The molecule has 3 aromatic rings. The maximum Gasteiger partial charge on any atom is 0.252 e. The fourth-order valence-corrected chi connectivity index (χ4v) is 2.82. The van der Waals surface area contributed by atoms with E-state index in [2.05, 4.69) is 10.3 Å². The van der Waals surface area contributed by atoms with E-state index in [1.807, 2.05) is 48.5 Å². The van der Waals surface area contributed by atoms with Gasteiger partial charge in [0, 0.05) is 17.6 Å². The zero-order valence-corrected chi connectivity index (χ0v) is 14.5. The second-order valence-electron chi connectivity index (χ2n) is 5.83. The van der Waals surface area contributed by atoms with E-state index in [0.29, 0.717) is 6.54 Å². The summed E-state index contributed by atoms with van der Waals surface area (Å²) in [6, 6.07) is 15.6. The van der Waals surface area contributed by atoms with Crippen LogP contribution in [0.3, 0.4) is 0 Å². The lowest BCUT2D eigenvalue weighted by Gasteiger charge is -2.10. The number of benzene rings is 2. The highest BCUT2D eigenvalue weighted by molar-refractivity contribution is 5.78. The number of fused-ring (bicyclic) bond motifs is 1. The number of pyridine rings is 1. The van der Waals surface area contributed by atoms with Crippen LogP contribution in [0.15, 0.2) is 53.3 Å². The van der Waals surface area contributed by atoms with E-state index in [4.69, 9.17) is 9.47 Å². The molecule has 1 heterocycles. The normalized spacial score (nSPS) is 10.8. The number of hydrogen-bond donors (Lipinski definition) is 2. The predicted molar refractivity (Wildman–Crippen MR) is 99.5 cm³/mol. The van der Waals surface area contributed by atoms with E-state index >= 15 is 0 Å². The van der Waals surface area contributed by atoms with Crippen LogP contribution < -0.4 is 20.3 Å². The highest BCUT2D eigenvalue weighted by Crippen LogP contribution is 2.27. The van der Waals surface area contributed by atoms with Gasteiger partial charge < -0.3 is 19.8 Å². The van der Waals surface area contributed by atoms with Gasteiger partial charge in [-0.2, -0.15) is 0 Å². The highest BCUT2D eigenvalue weighted by Gasteiger charge is 2.05. The Morgan fingerprint density at radius 3 is 2.60 bits per heavy atom. The van der Waals surface area contributed by atoms with Gasteiger partial charge in [0.25, 0.3) is 5.56 Å². The van der Waals surface area contributed by atoms with Gasteiger partial charge in [0.15, 0.2) is 11.5 Å². The molecule has 0 aliphatic rings. The molecule has 0 bridgehead atoms. The zero-order chi connectivity index (χ0) is 17.6. The third kappa shape index (κ3) is 4.00. The van der Waals surface area contributed by atoms with Gasteiger partial charge in [0.1, 0.15) is 0 Å². The summed E-state index contributed by atoms with van der Waals surface area (Å²) in [6.45, 7) is 1.30. The predicted octanol–water partition coefficient (Wildman–Crippen LogP) is 2.88. The Morgan fingerprint density at radius 1 is 1.00 bits per heavy atom. The molecule has 0 atom stereocenters. The summed E-state index contributed by atoms with van der Waals surface area (Å²) in [6.07, 6.45) is 0.839. The summed E-state index contributed by atoms with van der Waals surface area (Å²) in [7, 11) is 3.26. The first-order valence-corrected chi connectivity index (χ1v) is 8.24. The van der Waals surface area contributed by atoms with Crippen LogP contribution in [0.5, 0.6) is 11.5 Å². The Morgan fingerprint density at radius 2 is 1.80 bits per heavy atom. The molecule has 0 saturated carbocycles. The number of rotatable bonds is 7. The van der Waals surface area contributed by atoms with Crippen molar-refractivity contribution in [3.05, 3.63) is 70.0 Å². The van der Waals surface area contributed by atoms with Crippen LogP contribution >= 0.6 is 0 Å². The standard InChI is InChI=1S/C20H22N2O3/c1-24-18-8-7-14(11-19(18)25-2)9-10-21-13-16-12-15-5-3-4-6-17(15)22-20(16)23/h3-8,11-12,21H,9-10,13H2,1-2H3,(H,22,23). The number of aromatic amines is 1. The lowest BCUT2D eigenvalue weighted by molar-refractivity contribution is 0.354. The summed E-state index contributed by atoms with van der Waals surface area (Å²) < 4.78 is 10.6. The van der Waals surface area contributed by atoms with Crippen LogP contribution in [0.25, 0.3) is 10.9 Å². The van der Waals surface area contributed by atoms with Crippen LogP contribution in [0.1, 0.15) is 11.1 Å².